The number of hydrogen-bond acceptors (Lipinski definition) is 6. The molecular weight excluding hydrogens is 517 g/mol. The van der Waals surface area contributed by atoms with Crippen molar-refractivity contribution in [2.45, 2.75) is 37.3 Å². The highest BCUT2D eigenvalue weighted by atomic mass is 19.1. The van der Waals surface area contributed by atoms with E-state index >= 15 is 0 Å². The van der Waals surface area contributed by atoms with Crippen LogP contribution in [0.3, 0.4) is 0 Å². The quantitative estimate of drug-likeness (QED) is 0.313. The van der Waals surface area contributed by atoms with Crippen molar-refractivity contribution in [2.75, 3.05) is 25.6 Å². The van der Waals surface area contributed by atoms with E-state index in [1.807, 2.05) is 0 Å². The van der Waals surface area contributed by atoms with Crippen molar-refractivity contribution < 1.29 is 33.4 Å². The summed E-state index contributed by atoms with van der Waals surface area (Å²) in [7, 11) is 1.53. The summed E-state index contributed by atoms with van der Waals surface area (Å²) in [5.41, 5.74) is 2.05. The molecule has 9 nitrogen and oxygen atoms in total. The van der Waals surface area contributed by atoms with Gasteiger partial charge < -0.3 is 25.2 Å². The van der Waals surface area contributed by atoms with Gasteiger partial charge >= 0.3 is 6.03 Å². The van der Waals surface area contributed by atoms with Crippen LogP contribution in [0.25, 0.3) is 0 Å². The normalized spacial score (nSPS) is 17.4. The number of nitrogens with one attached hydrogen (secondary N) is 2. The molecule has 5 rings (SSSR count). The number of methoxy groups -OCH3 is 1. The summed E-state index contributed by atoms with van der Waals surface area (Å²) in [6, 6.07) is 15.2. The number of carbonyl (C=O) groups is 3. The molecule has 0 spiro atoms. The SMILES string of the molecule is COc1ccc(C[C@@H](C(=O)Nc2ccc(C3CC3)cc2F)N2C(=O)N[C@H](c3ccc(OCCO)cc3)C2=O)cc1. The maximum absolute atomic E-state index is 14.9. The van der Waals surface area contributed by atoms with Crippen molar-refractivity contribution >= 4 is 23.5 Å². The zero-order chi connectivity index (χ0) is 28.2. The molecule has 1 aliphatic heterocycles. The molecule has 4 amide bonds. The third-order valence-electron chi connectivity index (χ3n) is 7.05. The number of aliphatic hydroxyl groups excluding tert-OH is 1. The second kappa shape index (κ2) is 11.7. The summed E-state index contributed by atoms with van der Waals surface area (Å²) in [4.78, 5) is 41.2. The number of hydrogen-bond donors (Lipinski definition) is 3. The second-order valence-electron chi connectivity index (χ2n) is 9.80. The van der Waals surface area contributed by atoms with Crippen LogP contribution in [0, 0.1) is 5.82 Å². The molecule has 0 bridgehead atoms. The third kappa shape index (κ3) is 5.91. The van der Waals surface area contributed by atoms with E-state index in [1.165, 1.54) is 19.2 Å². The smallest absolute Gasteiger partial charge is 0.325 e. The number of rotatable bonds is 11. The van der Waals surface area contributed by atoms with Crippen LogP contribution in [0.15, 0.2) is 66.7 Å². The van der Waals surface area contributed by atoms with Crippen LogP contribution in [0.4, 0.5) is 14.9 Å². The minimum absolute atomic E-state index is 0.0113. The molecule has 0 aromatic heterocycles. The number of nitrogens with zero attached hydrogens (tertiary/aromatic N) is 1. The highest BCUT2D eigenvalue weighted by molar-refractivity contribution is 6.09. The van der Waals surface area contributed by atoms with Gasteiger partial charge in [-0.1, -0.05) is 30.3 Å². The first-order chi connectivity index (χ1) is 19.4. The Labute approximate surface area is 230 Å². The summed E-state index contributed by atoms with van der Waals surface area (Å²) < 4.78 is 25.4. The molecule has 40 heavy (non-hydrogen) atoms. The lowest BCUT2D eigenvalue weighted by Crippen LogP contribution is -2.49. The number of halogens is 1. The van der Waals surface area contributed by atoms with Crippen LogP contribution in [-0.4, -0.2) is 54.2 Å². The number of imide groups is 1. The second-order valence-corrected chi connectivity index (χ2v) is 9.80. The first-order valence-corrected chi connectivity index (χ1v) is 13.1. The fourth-order valence-electron chi connectivity index (χ4n) is 4.74. The fraction of sp³-hybridized carbons (Fsp3) is 0.300. The molecule has 208 valence electrons. The Kier molecular flexibility index (Phi) is 7.97. The summed E-state index contributed by atoms with van der Waals surface area (Å²) in [5, 5.41) is 14.2. The number of amides is 4. The van der Waals surface area contributed by atoms with Crippen LogP contribution in [0.5, 0.6) is 11.5 Å². The average Bonchev–Trinajstić information content (AvgIpc) is 3.77. The maximum atomic E-state index is 14.9. The topological polar surface area (TPSA) is 117 Å². The molecular formula is C30H30FN3O6. The number of carbonyl (C=O) groups excluding carboxylic acids is 3. The van der Waals surface area contributed by atoms with E-state index in [0.29, 0.717) is 28.5 Å². The van der Waals surface area contributed by atoms with Crippen molar-refractivity contribution in [3.8, 4) is 11.5 Å². The first-order valence-electron chi connectivity index (χ1n) is 13.1. The van der Waals surface area contributed by atoms with E-state index in [0.717, 1.165) is 23.3 Å². The van der Waals surface area contributed by atoms with Gasteiger partial charge in [-0.15, -0.1) is 0 Å². The van der Waals surface area contributed by atoms with Crippen molar-refractivity contribution in [1.29, 1.82) is 0 Å². The predicted octanol–water partition coefficient (Wildman–Crippen LogP) is 3.93. The van der Waals surface area contributed by atoms with Gasteiger partial charge in [0.25, 0.3) is 5.91 Å². The predicted molar refractivity (Wildman–Crippen MR) is 145 cm³/mol. The summed E-state index contributed by atoms with van der Waals surface area (Å²) in [6.07, 6.45) is 2.04. The fourth-order valence-corrected chi connectivity index (χ4v) is 4.74. The zero-order valence-corrected chi connectivity index (χ0v) is 21.9. The van der Waals surface area contributed by atoms with Crippen LogP contribution in [0.2, 0.25) is 0 Å². The van der Waals surface area contributed by atoms with Crippen molar-refractivity contribution in [2.24, 2.45) is 0 Å². The molecule has 1 saturated carbocycles. The summed E-state index contributed by atoms with van der Waals surface area (Å²) in [6.45, 7) is -0.0155. The lowest BCUT2D eigenvalue weighted by molar-refractivity contribution is -0.134. The average molecular weight is 548 g/mol. The number of aliphatic hydroxyl groups is 1. The Balaban J connectivity index is 1.39. The Bertz CT molecular complexity index is 1390. The lowest BCUT2D eigenvalue weighted by atomic mass is 10.0. The third-order valence-corrected chi connectivity index (χ3v) is 7.05. The van der Waals surface area contributed by atoms with Crippen molar-refractivity contribution in [3.05, 3.63) is 89.2 Å². The number of urea groups is 1. The highest BCUT2D eigenvalue weighted by Gasteiger charge is 2.45. The molecule has 0 unspecified atom stereocenters. The Morgan fingerprint density at radius 2 is 1.73 bits per heavy atom. The van der Waals surface area contributed by atoms with Gasteiger partial charge in [-0.2, -0.15) is 0 Å². The van der Waals surface area contributed by atoms with Crippen molar-refractivity contribution in [1.82, 2.24) is 10.2 Å². The number of anilines is 1. The molecule has 2 fully saturated rings. The zero-order valence-electron chi connectivity index (χ0n) is 21.9. The monoisotopic (exact) mass is 547 g/mol. The number of benzene rings is 3. The van der Waals surface area contributed by atoms with Crippen molar-refractivity contribution in [3.63, 3.8) is 0 Å². The molecule has 10 heteroatoms. The Hall–Kier alpha value is -4.44. The van der Waals surface area contributed by atoms with E-state index in [4.69, 9.17) is 14.6 Å². The van der Waals surface area contributed by atoms with Gasteiger partial charge in [-0.05, 0) is 71.8 Å². The van der Waals surface area contributed by atoms with E-state index < -0.39 is 35.7 Å². The van der Waals surface area contributed by atoms with Crippen LogP contribution in [0.1, 0.15) is 41.5 Å². The first kappa shape index (κ1) is 27.1. The molecule has 3 aromatic carbocycles. The van der Waals surface area contributed by atoms with Gasteiger partial charge in [0.2, 0.25) is 5.91 Å². The number of ether oxygens (including phenoxy) is 2. The van der Waals surface area contributed by atoms with Gasteiger partial charge in [0.1, 0.15) is 36.0 Å². The van der Waals surface area contributed by atoms with Gasteiger partial charge in [-0.3, -0.25) is 9.59 Å². The summed E-state index contributed by atoms with van der Waals surface area (Å²) in [5.74, 6) is -0.403. The van der Waals surface area contributed by atoms with Gasteiger partial charge in [0, 0.05) is 6.42 Å². The molecule has 2 atom stereocenters. The maximum Gasteiger partial charge on any atom is 0.325 e. The molecule has 1 heterocycles. The molecule has 1 aliphatic carbocycles. The minimum Gasteiger partial charge on any atom is -0.497 e. The van der Waals surface area contributed by atoms with Gasteiger partial charge in [0.05, 0.1) is 19.4 Å². The van der Waals surface area contributed by atoms with E-state index in [9.17, 15) is 18.8 Å². The molecule has 1 saturated heterocycles. The Morgan fingerprint density at radius 3 is 2.35 bits per heavy atom. The molecule has 0 radical (unpaired) electrons. The molecule has 3 N–H and O–H groups in total. The van der Waals surface area contributed by atoms with E-state index in [2.05, 4.69) is 10.6 Å². The largest absolute Gasteiger partial charge is 0.497 e. The van der Waals surface area contributed by atoms with Crippen LogP contribution < -0.4 is 20.1 Å². The van der Waals surface area contributed by atoms with Gasteiger partial charge in [0.15, 0.2) is 0 Å². The molecule has 2 aliphatic rings. The Morgan fingerprint density at radius 1 is 1.05 bits per heavy atom. The summed E-state index contributed by atoms with van der Waals surface area (Å²) >= 11 is 0. The van der Waals surface area contributed by atoms with Crippen LogP contribution >= 0.6 is 0 Å². The lowest BCUT2D eigenvalue weighted by Gasteiger charge is -2.25. The van der Waals surface area contributed by atoms with E-state index in [1.54, 1.807) is 54.6 Å². The van der Waals surface area contributed by atoms with E-state index in [-0.39, 0.29) is 25.3 Å². The van der Waals surface area contributed by atoms with Gasteiger partial charge in [-0.25, -0.2) is 14.1 Å². The van der Waals surface area contributed by atoms with Crippen LogP contribution in [-0.2, 0) is 16.0 Å². The standard InChI is InChI=1S/C30H30FN3O6/c1-39-22-9-2-18(3-10-22)16-26(28(36)32-25-13-8-21(17-24(25)31)19-4-5-19)34-29(37)27(33-30(34)38)20-6-11-23(12-7-20)40-15-14-35/h2-3,6-13,17,19,26-27,35H,4-5,14-16H2,1H3,(H,32,36)(H,33,38)/t26-,27+/m0/s1. The highest BCUT2D eigenvalue weighted by Crippen LogP contribution is 2.40. The molecule has 3 aromatic rings. The minimum atomic E-state index is -1.25.